The average molecular weight is 537 g/mol. The lowest BCUT2D eigenvalue weighted by Crippen LogP contribution is -2.64. The summed E-state index contributed by atoms with van der Waals surface area (Å²) < 4.78 is 33.6. The fourth-order valence-corrected chi connectivity index (χ4v) is 25.9. The van der Waals surface area contributed by atoms with E-state index >= 15 is 0 Å². The molecule has 0 spiro atoms. The molecule has 1 atom stereocenters. The molecule has 0 aromatic carbocycles. The van der Waals surface area contributed by atoms with Crippen molar-refractivity contribution in [2.24, 2.45) is 0 Å². The largest absolute Gasteiger partial charge is 0.469 e. The quantitative estimate of drug-likeness (QED) is 0.0851. The zero-order valence-corrected chi connectivity index (χ0v) is 27.5. The predicted octanol–water partition coefficient (Wildman–Crippen LogP) is 7.80. The molecule has 1 saturated heterocycles. The zero-order chi connectivity index (χ0) is 25.0. The van der Waals surface area contributed by atoms with Crippen molar-refractivity contribution in [3.8, 4) is 0 Å². The van der Waals surface area contributed by atoms with Gasteiger partial charge in [0.25, 0.3) is 0 Å². The molecule has 1 fully saturated rings. The summed E-state index contributed by atoms with van der Waals surface area (Å²) in [4.78, 5) is 0. The highest BCUT2D eigenvalue weighted by Gasteiger charge is 2.54. The zero-order valence-electron chi connectivity index (χ0n) is 23.5. The second-order valence-electron chi connectivity index (χ2n) is 9.85. The van der Waals surface area contributed by atoms with Crippen molar-refractivity contribution in [3.63, 3.8) is 0 Å². The average Bonchev–Trinajstić information content (AvgIpc) is 3.69. The maximum atomic E-state index is 7.46. The van der Waals surface area contributed by atoms with Crippen molar-refractivity contribution in [1.29, 1.82) is 0 Å². The lowest BCUT2D eigenvalue weighted by atomic mass is 10.5. The van der Waals surface area contributed by atoms with Crippen molar-refractivity contribution >= 4 is 33.8 Å². The molecule has 1 aliphatic rings. The van der Waals surface area contributed by atoms with Gasteiger partial charge < -0.3 is 21.8 Å². The Kier molecular flexibility index (Phi) is 14.4. The van der Waals surface area contributed by atoms with E-state index in [-0.39, 0.29) is 0 Å². The molecule has 198 valence electrons. The van der Waals surface area contributed by atoms with Crippen LogP contribution in [0.25, 0.3) is 0 Å². The van der Waals surface area contributed by atoms with E-state index in [1.54, 1.807) is 0 Å². The van der Waals surface area contributed by atoms with Crippen LogP contribution in [0.2, 0.25) is 60.4 Å². The fraction of sp³-hybridized carbons (Fsp3) is 1.00. The molecule has 0 aromatic rings. The van der Waals surface area contributed by atoms with Crippen LogP contribution in [0.5, 0.6) is 0 Å². The molecule has 1 aliphatic heterocycles. The molecular formula is C24H56O5Si4. The van der Waals surface area contributed by atoms with Gasteiger partial charge in [0.05, 0.1) is 13.2 Å². The Morgan fingerprint density at radius 2 is 0.939 bits per heavy atom. The summed E-state index contributed by atoms with van der Waals surface area (Å²) in [6.07, 6.45) is 1.26. The Bertz CT molecular complexity index is 441. The summed E-state index contributed by atoms with van der Waals surface area (Å²) in [5.41, 5.74) is 0. The highest BCUT2D eigenvalue weighted by Crippen LogP contribution is 2.39. The molecule has 0 saturated carbocycles. The summed E-state index contributed by atoms with van der Waals surface area (Å²) in [7, 11) is -8.61. The fourth-order valence-electron chi connectivity index (χ4n) is 4.87. The van der Waals surface area contributed by atoms with Gasteiger partial charge in [-0.3, -0.25) is 0 Å². The van der Waals surface area contributed by atoms with Crippen LogP contribution >= 0.6 is 0 Å². The van der Waals surface area contributed by atoms with Crippen LogP contribution in [0.15, 0.2) is 0 Å². The monoisotopic (exact) mass is 536 g/mol. The van der Waals surface area contributed by atoms with Crippen molar-refractivity contribution in [2.75, 3.05) is 19.8 Å². The van der Waals surface area contributed by atoms with Crippen molar-refractivity contribution in [3.05, 3.63) is 0 Å². The Hall–Kier alpha value is 0.668. The molecule has 0 radical (unpaired) electrons. The molecule has 1 heterocycles. The van der Waals surface area contributed by atoms with E-state index in [4.69, 9.17) is 21.8 Å². The van der Waals surface area contributed by atoms with Gasteiger partial charge in [-0.1, -0.05) is 62.3 Å². The molecule has 1 unspecified atom stereocenters. The summed E-state index contributed by atoms with van der Waals surface area (Å²) in [5, 5.41) is 0. The minimum atomic E-state index is -2.88. The SMILES string of the molecule is CC[Si](CC)(CC)O[Si](CCCOCC1CO1)(O[Si](CC)(CC)CC)O[Si](CC)(CC)CC. The van der Waals surface area contributed by atoms with Crippen LogP contribution in [0, 0.1) is 0 Å². The molecule has 1 rings (SSSR count). The second kappa shape index (κ2) is 15.0. The van der Waals surface area contributed by atoms with Gasteiger partial charge in [0.2, 0.25) is 0 Å². The smallest absolute Gasteiger partial charge is 0.416 e. The maximum Gasteiger partial charge on any atom is 0.469 e. The number of hydrogen-bond donors (Lipinski definition) is 0. The molecule has 0 aromatic heterocycles. The van der Waals surface area contributed by atoms with Crippen LogP contribution in [0.4, 0.5) is 0 Å². The van der Waals surface area contributed by atoms with Crippen LogP contribution in [-0.4, -0.2) is 59.7 Å². The first-order valence-corrected chi connectivity index (χ1v) is 23.6. The maximum absolute atomic E-state index is 7.46. The molecular weight excluding hydrogens is 481 g/mol. The molecule has 0 bridgehead atoms. The minimum Gasteiger partial charge on any atom is -0.416 e. The van der Waals surface area contributed by atoms with E-state index < -0.39 is 33.8 Å². The van der Waals surface area contributed by atoms with Gasteiger partial charge in [-0.2, -0.15) is 0 Å². The van der Waals surface area contributed by atoms with Crippen LogP contribution in [-0.2, 0) is 21.8 Å². The van der Waals surface area contributed by atoms with Gasteiger partial charge in [0.1, 0.15) is 6.10 Å². The van der Waals surface area contributed by atoms with Gasteiger partial charge in [0, 0.05) is 12.7 Å². The van der Waals surface area contributed by atoms with Gasteiger partial charge in [-0.05, 0) is 60.8 Å². The van der Waals surface area contributed by atoms with Gasteiger partial charge in [0.15, 0.2) is 25.0 Å². The molecule has 0 amide bonds. The summed E-state index contributed by atoms with van der Waals surface area (Å²) >= 11 is 0. The highest BCUT2D eigenvalue weighted by molar-refractivity contribution is 6.92. The van der Waals surface area contributed by atoms with Gasteiger partial charge in [-0.15, -0.1) is 0 Å². The van der Waals surface area contributed by atoms with Crippen molar-refractivity contribution < 1.29 is 21.8 Å². The predicted molar refractivity (Wildman–Crippen MR) is 151 cm³/mol. The van der Waals surface area contributed by atoms with Crippen molar-refractivity contribution in [1.82, 2.24) is 0 Å². The number of epoxide rings is 1. The summed E-state index contributed by atoms with van der Waals surface area (Å²) in [5.74, 6) is 0. The Labute approximate surface area is 210 Å². The minimum absolute atomic E-state index is 0.316. The molecule has 0 aliphatic carbocycles. The molecule has 9 heteroatoms. The lowest BCUT2D eigenvalue weighted by Gasteiger charge is -2.48. The van der Waals surface area contributed by atoms with E-state index in [2.05, 4.69) is 62.3 Å². The first-order valence-electron chi connectivity index (χ1n) is 14.0. The molecule has 5 nitrogen and oxygen atoms in total. The number of ether oxygens (including phenoxy) is 2. The van der Waals surface area contributed by atoms with Crippen LogP contribution < -0.4 is 0 Å². The molecule has 33 heavy (non-hydrogen) atoms. The normalized spacial score (nSPS) is 17.5. The second-order valence-corrected chi connectivity index (χ2v) is 27.6. The standard InChI is InChI=1S/C24H56O5Si4/c1-10-30(11-2,12-3)27-33(28-31(13-4,14-5)15-6,29-32(16-7,17-8)18-9)21-19-20-25-22-24-23-26-24/h24H,10-23H2,1-9H3. The Morgan fingerprint density at radius 1 is 0.606 bits per heavy atom. The van der Waals surface area contributed by atoms with E-state index in [0.29, 0.717) is 12.7 Å². The Morgan fingerprint density at radius 3 is 1.21 bits per heavy atom. The van der Waals surface area contributed by atoms with Crippen LogP contribution in [0.1, 0.15) is 68.7 Å². The highest BCUT2D eigenvalue weighted by atomic mass is 28.5. The topological polar surface area (TPSA) is 49.5 Å². The Balaban J connectivity index is 3.36. The summed E-state index contributed by atoms with van der Waals surface area (Å²) in [6.45, 7) is 23.2. The molecule has 0 N–H and O–H groups in total. The third-order valence-electron chi connectivity index (χ3n) is 8.39. The van der Waals surface area contributed by atoms with E-state index in [1.807, 2.05) is 0 Å². The van der Waals surface area contributed by atoms with Gasteiger partial charge in [-0.25, -0.2) is 0 Å². The first kappa shape index (κ1) is 31.7. The van der Waals surface area contributed by atoms with E-state index in [1.165, 1.54) is 0 Å². The lowest BCUT2D eigenvalue weighted by molar-refractivity contribution is 0.114. The first-order chi connectivity index (χ1) is 15.7. The number of hydrogen-bond acceptors (Lipinski definition) is 5. The van der Waals surface area contributed by atoms with Gasteiger partial charge >= 0.3 is 8.80 Å². The third-order valence-corrected chi connectivity index (χ3v) is 29.9. The number of rotatable bonds is 21. The van der Waals surface area contributed by atoms with Crippen molar-refractivity contribution in [2.45, 2.75) is 135 Å². The third kappa shape index (κ3) is 9.24. The van der Waals surface area contributed by atoms with E-state index in [0.717, 1.165) is 80.1 Å². The summed E-state index contributed by atoms with van der Waals surface area (Å²) in [6, 6.07) is 11.1. The van der Waals surface area contributed by atoms with Crippen LogP contribution in [0.3, 0.4) is 0 Å². The van der Waals surface area contributed by atoms with E-state index in [9.17, 15) is 0 Å².